The van der Waals surface area contributed by atoms with Crippen LogP contribution in [-0.4, -0.2) is 34.8 Å². The Bertz CT molecular complexity index is 1290. The zero-order valence-corrected chi connectivity index (χ0v) is 20.5. The number of ether oxygens (including phenoxy) is 1. The van der Waals surface area contributed by atoms with Crippen molar-refractivity contribution >= 4 is 11.8 Å². The summed E-state index contributed by atoms with van der Waals surface area (Å²) in [5.41, 5.74) is 4.90. The highest BCUT2D eigenvalue weighted by atomic mass is 16.5. The molecule has 3 aromatic rings. The van der Waals surface area contributed by atoms with Crippen LogP contribution in [0.15, 0.2) is 53.1 Å². The van der Waals surface area contributed by atoms with Crippen molar-refractivity contribution in [2.24, 2.45) is 11.8 Å². The van der Waals surface area contributed by atoms with E-state index in [0.29, 0.717) is 24.1 Å². The molecule has 2 aliphatic carbocycles. The molecule has 2 amide bonds. The van der Waals surface area contributed by atoms with Crippen LogP contribution in [0.1, 0.15) is 70.4 Å². The van der Waals surface area contributed by atoms with Crippen LogP contribution in [-0.2, 0) is 17.8 Å². The molecule has 0 radical (unpaired) electrons. The van der Waals surface area contributed by atoms with Gasteiger partial charge < -0.3 is 19.4 Å². The van der Waals surface area contributed by atoms with Gasteiger partial charge in [-0.1, -0.05) is 35.9 Å². The van der Waals surface area contributed by atoms with Crippen molar-refractivity contribution in [1.29, 1.82) is 0 Å². The molecule has 7 nitrogen and oxygen atoms in total. The summed E-state index contributed by atoms with van der Waals surface area (Å²) in [6.07, 6.45) is 6.54. The lowest BCUT2D eigenvalue weighted by atomic mass is 9.87. The fraction of sp³-hybridized carbons (Fsp3) is 0.414. The zero-order chi connectivity index (χ0) is 24.6. The van der Waals surface area contributed by atoms with Crippen molar-refractivity contribution in [2.45, 2.75) is 51.7 Å². The molecule has 1 aromatic heterocycles. The topological polar surface area (TPSA) is 84.7 Å². The Morgan fingerprint density at radius 2 is 2.00 bits per heavy atom. The van der Waals surface area contributed by atoms with E-state index in [1.165, 1.54) is 30.2 Å². The van der Waals surface area contributed by atoms with Gasteiger partial charge in [0, 0.05) is 19.0 Å². The molecular formula is C29H31N3O4. The maximum absolute atomic E-state index is 13.2. The number of nitrogens with zero attached hydrogens (tertiary/aromatic N) is 2. The lowest BCUT2D eigenvalue weighted by Gasteiger charge is -2.38. The number of oxazole rings is 1. The van der Waals surface area contributed by atoms with Gasteiger partial charge >= 0.3 is 0 Å². The van der Waals surface area contributed by atoms with Gasteiger partial charge in [0.05, 0.1) is 6.04 Å². The van der Waals surface area contributed by atoms with E-state index in [9.17, 15) is 9.59 Å². The Morgan fingerprint density at radius 3 is 2.78 bits per heavy atom. The van der Waals surface area contributed by atoms with E-state index < -0.39 is 0 Å². The second kappa shape index (κ2) is 9.45. The number of benzene rings is 2. The first kappa shape index (κ1) is 22.8. The van der Waals surface area contributed by atoms with E-state index in [-0.39, 0.29) is 36.1 Å². The van der Waals surface area contributed by atoms with Crippen molar-refractivity contribution < 1.29 is 18.7 Å². The summed E-state index contributed by atoms with van der Waals surface area (Å²) in [5.74, 6) is 1.85. The lowest BCUT2D eigenvalue weighted by Crippen LogP contribution is -2.41. The summed E-state index contributed by atoms with van der Waals surface area (Å²) >= 11 is 0. The summed E-state index contributed by atoms with van der Waals surface area (Å²) in [7, 11) is 0. The lowest BCUT2D eigenvalue weighted by molar-refractivity contribution is -0.134. The van der Waals surface area contributed by atoms with Gasteiger partial charge in [-0.25, -0.2) is 4.98 Å². The highest BCUT2D eigenvalue weighted by Crippen LogP contribution is 2.41. The van der Waals surface area contributed by atoms with Crippen LogP contribution in [0.4, 0.5) is 0 Å². The Hall–Kier alpha value is -3.61. The van der Waals surface area contributed by atoms with Gasteiger partial charge in [-0.05, 0) is 73.8 Å². The van der Waals surface area contributed by atoms with E-state index >= 15 is 0 Å². The number of hydrogen-bond acceptors (Lipinski definition) is 5. The number of amides is 2. The minimum absolute atomic E-state index is 0.120. The summed E-state index contributed by atoms with van der Waals surface area (Å²) < 4.78 is 11.5. The first-order chi connectivity index (χ1) is 17.5. The monoisotopic (exact) mass is 485 g/mol. The van der Waals surface area contributed by atoms with Gasteiger partial charge in [0.1, 0.15) is 12.0 Å². The van der Waals surface area contributed by atoms with Crippen LogP contribution in [0.2, 0.25) is 0 Å². The van der Waals surface area contributed by atoms with Gasteiger partial charge in [-0.15, -0.1) is 0 Å². The fourth-order valence-corrected chi connectivity index (χ4v) is 4.96. The first-order valence-corrected chi connectivity index (χ1v) is 12.9. The van der Waals surface area contributed by atoms with Crippen molar-refractivity contribution in [3.05, 3.63) is 82.6 Å². The molecule has 0 spiro atoms. The predicted molar refractivity (Wildman–Crippen MR) is 133 cm³/mol. The maximum atomic E-state index is 13.2. The second-order valence-electron chi connectivity index (χ2n) is 10.3. The van der Waals surface area contributed by atoms with Crippen molar-refractivity contribution in [1.82, 2.24) is 15.2 Å². The highest BCUT2D eigenvalue weighted by Gasteiger charge is 2.39. The first-order valence-electron chi connectivity index (χ1n) is 12.9. The molecule has 2 fully saturated rings. The standard InChI is InChI=1S/C29H31N3O4/c1-18-3-2-4-22(13-18)27-24-14-23(10-9-20(24)11-12-32(27)29(34)21-7-8-21)35-17-26-31-25(16-36-26)28(33)30-15-19-5-6-19/h2-4,9-10,13-14,16,19,21,27H,5-8,11-12,15,17H2,1H3,(H,30,33). The Kier molecular flexibility index (Phi) is 5.99. The molecular weight excluding hydrogens is 454 g/mol. The Morgan fingerprint density at radius 1 is 1.14 bits per heavy atom. The molecule has 36 heavy (non-hydrogen) atoms. The molecule has 1 N–H and O–H groups in total. The van der Waals surface area contributed by atoms with Crippen LogP contribution in [0.3, 0.4) is 0 Å². The third-order valence-electron chi connectivity index (χ3n) is 7.31. The van der Waals surface area contributed by atoms with Crippen LogP contribution in [0.5, 0.6) is 5.75 Å². The molecule has 186 valence electrons. The molecule has 0 bridgehead atoms. The minimum atomic E-state index is -0.216. The molecule has 1 atom stereocenters. The van der Waals surface area contributed by atoms with Gasteiger partial charge in [-0.3, -0.25) is 9.59 Å². The van der Waals surface area contributed by atoms with Gasteiger partial charge in [0.15, 0.2) is 12.3 Å². The summed E-state index contributed by atoms with van der Waals surface area (Å²) in [4.78, 5) is 31.8. The van der Waals surface area contributed by atoms with Gasteiger partial charge in [0.25, 0.3) is 5.91 Å². The Balaban J connectivity index is 1.21. The normalized spacial score (nSPS) is 19.0. The predicted octanol–water partition coefficient (Wildman–Crippen LogP) is 4.59. The third-order valence-corrected chi connectivity index (χ3v) is 7.31. The minimum Gasteiger partial charge on any atom is -0.484 e. The molecule has 6 rings (SSSR count). The SMILES string of the molecule is Cc1cccc(C2c3cc(OCc4nc(C(=O)NCC5CC5)co4)ccc3CCN2C(=O)C2CC2)c1. The van der Waals surface area contributed by atoms with E-state index in [1.54, 1.807) is 0 Å². The number of aromatic nitrogens is 1. The fourth-order valence-electron chi connectivity index (χ4n) is 4.96. The molecule has 2 aromatic carbocycles. The van der Waals surface area contributed by atoms with Crippen molar-refractivity contribution in [3.8, 4) is 5.75 Å². The molecule has 2 saturated carbocycles. The summed E-state index contributed by atoms with van der Waals surface area (Å²) in [6.45, 7) is 3.61. The van der Waals surface area contributed by atoms with Crippen LogP contribution >= 0.6 is 0 Å². The van der Waals surface area contributed by atoms with Crippen LogP contribution in [0, 0.1) is 18.8 Å². The van der Waals surface area contributed by atoms with Crippen LogP contribution in [0.25, 0.3) is 0 Å². The zero-order valence-electron chi connectivity index (χ0n) is 20.5. The average Bonchev–Trinajstić information content (AvgIpc) is 3.83. The van der Waals surface area contributed by atoms with Crippen LogP contribution < -0.4 is 10.1 Å². The number of aryl methyl sites for hydroxylation is 1. The maximum Gasteiger partial charge on any atom is 0.273 e. The number of rotatable bonds is 8. The summed E-state index contributed by atoms with van der Waals surface area (Å²) in [6, 6.07) is 14.4. The number of fused-ring (bicyclic) bond motifs is 1. The molecule has 7 heteroatoms. The molecule has 2 heterocycles. The molecule has 1 aliphatic heterocycles. The number of carbonyl (C=O) groups is 2. The van der Waals surface area contributed by atoms with E-state index in [0.717, 1.165) is 36.9 Å². The molecule has 1 unspecified atom stereocenters. The molecule has 0 saturated heterocycles. The second-order valence-corrected chi connectivity index (χ2v) is 10.3. The quantitative estimate of drug-likeness (QED) is 0.505. The number of carbonyl (C=O) groups excluding carboxylic acids is 2. The van der Waals surface area contributed by atoms with E-state index in [4.69, 9.17) is 9.15 Å². The van der Waals surface area contributed by atoms with Gasteiger partial charge in [0.2, 0.25) is 11.8 Å². The Labute approximate surface area is 210 Å². The number of hydrogen-bond donors (Lipinski definition) is 1. The largest absolute Gasteiger partial charge is 0.484 e. The van der Waals surface area contributed by atoms with E-state index in [1.807, 2.05) is 12.1 Å². The highest BCUT2D eigenvalue weighted by molar-refractivity contribution is 5.91. The molecule has 3 aliphatic rings. The van der Waals surface area contributed by atoms with Crippen molar-refractivity contribution in [2.75, 3.05) is 13.1 Å². The van der Waals surface area contributed by atoms with Crippen molar-refractivity contribution in [3.63, 3.8) is 0 Å². The van der Waals surface area contributed by atoms with Gasteiger partial charge in [-0.2, -0.15) is 0 Å². The average molecular weight is 486 g/mol. The third kappa shape index (κ3) is 4.87. The number of nitrogens with one attached hydrogen (secondary N) is 1. The summed E-state index contributed by atoms with van der Waals surface area (Å²) in [5, 5.41) is 2.90. The van der Waals surface area contributed by atoms with E-state index in [2.05, 4.69) is 52.5 Å². The smallest absolute Gasteiger partial charge is 0.273 e.